The molecule has 1 aliphatic rings. The number of imidazole rings is 1. The molecule has 2 rings (SSSR count). The largest absolute Gasteiger partial charge is 0.368 e. The number of aryl methyl sites for hydroxylation is 1. The summed E-state index contributed by atoms with van der Waals surface area (Å²) in [5.41, 5.74) is 0. The minimum atomic E-state index is -0.439. The fraction of sp³-hybridized carbons (Fsp3) is 0.600. The van der Waals surface area contributed by atoms with E-state index in [4.69, 9.17) is 4.74 Å². The minimum Gasteiger partial charge on any atom is -0.368 e. The van der Waals surface area contributed by atoms with Crippen LogP contribution < -0.4 is 5.32 Å². The Morgan fingerprint density at radius 2 is 2.45 bits per heavy atom. The predicted molar refractivity (Wildman–Crippen MR) is 88.0 cm³/mol. The van der Waals surface area contributed by atoms with Crippen LogP contribution in [-0.2, 0) is 16.6 Å². The zero-order valence-electron chi connectivity index (χ0n) is 13.2. The molecular weight excluding hydrogens is 304 g/mol. The second-order valence-corrected chi connectivity index (χ2v) is 5.24. The van der Waals surface area contributed by atoms with E-state index < -0.39 is 6.10 Å². The quantitative estimate of drug-likeness (QED) is 0.631. The number of rotatable bonds is 6. The molecule has 1 saturated heterocycles. The highest BCUT2D eigenvalue weighted by Crippen LogP contribution is 2.21. The van der Waals surface area contributed by atoms with Crippen molar-refractivity contribution < 1.29 is 9.53 Å². The van der Waals surface area contributed by atoms with E-state index in [9.17, 15) is 4.79 Å². The van der Waals surface area contributed by atoms with Gasteiger partial charge in [0.1, 0.15) is 18.0 Å². The van der Waals surface area contributed by atoms with Gasteiger partial charge in [0.25, 0.3) is 5.91 Å². The molecule has 0 bridgehead atoms. The zero-order valence-corrected chi connectivity index (χ0v) is 14.0. The Balaban J connectivity index is 0.00000242. The number of carbonyl (C=O) groups is 1. The normalized spacial score (nSPS) is 19.4. The molecule has 124 valence electrons. The molecule has 0 saturated carbocycles. The van der Waals surface area contributed by atoms with Crippen molar-refractivity contribution in [2.45, 2.75) is 25.5 Å². The Labute approximate surface area is 137 Å². The van der Waals surface area contributed by atoms with Gasteiger partial charge >= 0.3 is 0 Å². The van der Waals surface area contributed by atoms with Gasteiger partial charge in [-0.25, -0.2) is 4.98 Å². The van der Waals surface area contributed by atoms with Gasteiger partial charge in [-0.2, -0.15) is 0 Å². The number of nitrogens with zero attached hydrogens (tertiary/aromatic N) is 3. The summed E-state index contributed by atoms with van der Waals surface area (Å²) in [7, 11) is 1.95. The van der Waals surface area contributed by atoms with Crippen molar-refractivity contribution in [1.29, 1.82) is 0 Å². The summed E-state index contributed by atoms with van der Waals surface area (Å²) in [5, 5.41) is 3.33. The van der Waals surface area contributed by atoms with E-state index in [1.165, 1.54) is 0 Å². The average Bonchev–Trinajstić information content (AvgIpc) is 2.92. The fourth-order valence-corrected chi connectivity index (χ4v) is 2.53. The van der Waals surface area contributed by atoms with Gasteiger partial charge in [0.15, 0.2) is 0 Å². The number of ether oxygens (including phenoxy) is 1. The van der Waals surface area contributed by atoms with Gasteiger partial charge in [-0.3, -0.25) is 4.79 Å². The number of nitrogens with one attached hydrogen (secondary N) is 1. The van der Waals surface area contributed by atoms with Crippen molar-refractivity contribution >= 4 is 18.3 Å². The van der Waals surface area contributed by atoms with Gasteiger partial charge in [-0.15, -0.1) is 19.0 Å². The summed E-state index contributed by atoms with van der Waals surface area (Å²) in [6.07, 6.45) is 5.76. The van der Waals surface area contributed by atoms with Crippen LogP contribution in [0.1, 0.15) is 25.2 Å². The lowest BCUT2D eigenvalue weighted by Gasteiger charge is -2.37. The minimum absolute atomic E-state index is 0. The molecule has 1 amide bonds. The number of halogens is 1. The highest BCUT2D eigenvalue weighted by molar-refractivity contribution is 5.85. The van der Waals surface area contributed by atoms with E-state index in [0.717, 1.165) is 25.3 Å². The maximum absolute atomic E-state index is 12.6. The lowest BCUT2D eigenvalue weighted by atomic mass is 10.1. The molecule has 0 radical (unpaired) electrons. The van der Waals surface area contributed by atoms with E-state index in [1.807, 2.05) is 29.6 Å². The summed E-state index contributed by atoms with van der Waals surface area (Å²) < 4.78 is 7.54. The van der Waals surface area contributed by atoms with Crippen LogP contribution in [-0.4, -0.2) is 52.7 Å². The molecule has 0 spiro atoms. The molecule has 0 aromatic carbocycles. The van der Waals surface area contributed by atoms with E-state index in [1.54, 1.807) is 12.3 Å². The number of aromatic nitrogens is 2. The first kappa shape index (κ1) is 18.7. The van der Waals surface area contributed by atoms with E-state index in [2.05, 4.69) is 16.9 Å². The van der Waals surface area contributed by atoms with Gasteiger partial charge in [0, 0.05) is 39.1 Å². The van der Waals surface area contributed by atoms with Crippen LogP contribution in [0.3, 0.4) is 0 Å². The average molecular weight is 329 g/mol. The summed E-state index contributed by atoms with van der Waals surface area (Å²) in [6, 6.07) is -0.0447. The van der Waals surface area contributed by atoms with Crippen molar-refractivity contribution in [3.63, 3.8) is 0 Å². The second kappa shape index (κ2) is 8.92. The van der Waals surface area contributed by atoms with Crippen LogP contribution in [0, 0.1) is 0 Å². The summed E-state index contributed by atoms with van der Waals surface area (Å²) in [5.74, 6) is 0.919. The number of hydrogen-bond donors (Lipinski definition) is 1. The van der Waals surface area contributed by atoms with Crippen LogP contribution in [0.15, 0.2) is 25.0 Å². The Morgan fingerprint density at radius 3 is 3.09 bits per heavy atom. The molecule has 1 aromatic heterocycles. The third-order valence-electron chi connectivity index (χ3n) is 3.72. The predicted octanol–water partition coefficient (Wildman–Crippen LogP) is 1.30. The number of piperazine rings is 1. The smallest absolute Gasteiger partial charge is 0.252 e. The monoisotopic (exact) mass is 328 g/mol. The molecule has 2 unspecified atom stereocenters. The number of hydrogen-bond acceptors (Lipinski definition) is 4. The molecular formula is C15H25ClN4O2. The standard InChI is InChI=1S/C15H24N4O2.ClH/c1-4-5-10-21-12(2)15(20)19-9-6-16-11-13(19)14-17-7-8-18(14)3;/h4,7-8,12-13,16H,1,5-6,9-11H2,2-3H3;1H. The third-order valence-corrected chi connectivity index (χ3v) is 3.72. The first-order chi connectivity index (χ1) is 10.1. The third kappa shape index (κ3) is 4.32. The van der Waals surface area contributed by atoms with Crippen LogP contribution in [0.5, 0.6) is 0 Å². The van der Waals surface area contributed by atoms with E-state index in [-0.39, 0.29) is 24.4 Å². The topological polar surface area (TPSA) is 59.4 Å². The van der Waals surface area contributed by atoms with Crippen molar-refractivity contribution in [2.75, 3.05) is 26.2 Å². The highest BCUT2D eigenvalue weighted by Gasteiger charge is 2.32. The lowest BCUT2D eigenvalue weighted by Crippen LogP contribution is -2.52. The van der Waals surface area contributed by atoms with Gasteiger partial charge in [-0.1, -0.05) is 6.08 Å². The Morgan fingerprint density at radius 1 is 1.68 bits per heavy atom. The molecule has 2 atom stereocenters. The highest BCUT2D eigenvalue weighted by atomic mass is 35.5. The van der Waals surface area contributed by atoms with Crippen LogP contribution in [0.2, 0.25) is 0 Å². The Bertz CT molecular complexity index is 492. The molecule has 1 N–H and O–H groups in total. The molecule has 2 heterocycles. The first-order valence-electron chi connectivity index (χ1n) is 7.36. The lowest BCUT2D eigenvalue weighted by molar-refractivity contribution is -0.146. The Kier molecular flexibility index (Phi) is 7.58. The van der Waals surface area contributed by atoms with Gasteiger partial charge in [0.05, 0.1) is 6.61 Å². The van der Waals surface area contributed by atoms with Gasteiger partial charge < -0.3 is 19.5 Å². The summed E-state index contributed by atoms with van der Waals surface area (Å²) >= 11 is 0. The second-order valence-electron chi connectivity index (χ2n) is 5.24. The maximum atomic E-state index is 12.6. The molecule has 1 fully saturated rings. The molecule has 1 aromatic rings. The summed E-state index contributed by atoms with van der Waals surface area (Å²) in [6.45, 7) is 8.17. The van der Waals surface area contributed by atoms with Crippen molar-refractivity contribution in [3.05, 3.63) is 30.9 Å². The van der Waals surface area contributed by atoms with Crippen molar-refractivity contribution in [1.82, 2.24) is 19.8 Å². The maximum Gasteiger partial charge on any atom is 0.252 e. The van der Waals surface area contributed by atoms with E-state index in [0.29, 0.717) is 13.2 Å². The van der Waals surface area contributed by atoms with Crippen LogP contribution in [0.25, 0.3) is 0 Å². The van der Waals surface area contributed by atoms with Crippen LogP contribution in [0.4, 0.5) is 0 Å². The Hall–Kier alpha value is -1.37. The van der Waals surface area contributed by atoms with Crippen LogP contribution >= 0.6 is 12.4 Å². The zero-order chi connectivity index (χ0) is 15.2. The first-order valence-corrected chi connectivity index (χ1v) is 7.36. The molecule has 0 aliphatic carbocycles. The van der Waals surface area contributed by atoms with Gasteiger partial charge in [0.2, 0.25) is 0 Å². The number of carbonyl (C=O) groups excluding carboxylic acids is 1. The van der Waals surface area contributed by atoms with Crippen molar-refractivity contribution in [3.8, 4) is 0 Å². The van der Waals surface area contributed by atoms with E-state index >= 15 is 0 Å². The molecule has 1 aliphatic heterocycles. The molecule has 7 heteroatoms. The van der Waals surface area contributed by atoms with Gasteiger partial charge in [-0.05, 0) is 13.3 Å². The SMILES string of the molecule is C=CCCOC(C)C(=O)N1CCNCC1c1nccn1C.Cl. The fourth-order valence-electron chi connectivity index (χ4n) is 2.53. The summed E-state index contributed by atoms with van der Waals surface area (Å²) in [4.78, 5) is 18.9. The number of amides is 1. The molecule has 6 nitrogen and oxygen atoms in total. The van der Waals surface area contributed by atoms with Crippen molar-refractivity contribution in [2.24, 2.45) is 7.05 Å². The molecule has 22 heavy (non-hydrogen) atoms.